The fraction of sp³-hybridized carbons (Fsp3) is 0.562. The quantitative estimate of drug-likeness (QED) is 0.870. The zero-order chi connectivity index (χ0) is 14.2. The van der Waals surface area contributed by atoms with E-state index >= 15 is 0 Å². The summed E-state index contributed by atoms with van der Waals surface area (Å²) in [5.41, 5.74) is 1.98. The van der Waals surface area contributed by atoms with E-state index in [9.17, 15) is 4.79 Å². The minimum atomic E-state index is -0.208. The number of hydrogen-bond acceptors (Lipinski definition) is 3. The molecule has 0 saturated carbocycles. The third-order valence-corrected chi connectivity index (χ3v) is 4.29. The lowest BCUT2D eigenvalue weighted by molar-refractivity contribution is -0.124. The Morgan fingerprint density at radius 1 is 1.45 bits per heavy atom. The van der Waals surface area contributed by atoms with Gasteiger partial charge in [0.15, 0.2) is 0 Å². The molecule has 0 aromatic heterocycles. The molecule has 20 heavy (non-hydrogen) atoms. The Kier molecular flexibility index (Phi) is 3.42. The predicted molar refractivity (Wildman–Crippen MR) is 78.9 cm³/mol. The summed E-state index contributed by atoms with van der Waals surface area (Å²) < 4.78 is 5.41. The Morgan fingerprint density at radius 2 is 2.25 bits per heavy atom. The maximum atomic E-state index is 12.7. The molecule has 2 aliphatic heterocycles. The van der Waals surface area contributed by atoms with Crippen molar-refractivity contribution in [2.75, 3.05) is 18.5 Å². The van der Waals surface area contributed by atoms with Crippen LogP contribution in [0.5, 0.6) is 0 Å². The van der Waals surface area contributed by atoms with Gasteiger partial charge in [-0.05, 0) is 38.3 Å². The molecule has 1 saturated heterocycles. The first-order chi connectivity index (χ1) is 9.57. The fourth-order valence-electron chi connectivity index (χ4n) is 3.14. The third kappa shape index (κ3) is 2.52. The smallest absolute Gasteiger partial charge is 0.228 e. The first-order valence-electron chi connectivity index (χ1n) is 7.33. The van der Waals surface area contributed by atoms with Crippen LogP contribution in [0.15, 0.2) is 24.3 Å². The highest BCUT2D eigenvalue weighted by atomic mass is 16.5. The SMILES string of the molecule is CC1CC(C(=O)NC2(C)CCOC2)c2ccccc2N1. The highest BCUT2D eigenvalue weighted by Gasteiger charge is 2.36. The molecule has 2 aliphatic rings. The Labute approximate surface area is 119 Å². The lowest BCUT2D eigenvalue weighted by Crippen LogP contribution is -2.49. The number of ether oxygens (including phenoxy) is 1. The van der Waals surface area contributed by atoms with Crippen molar-refractivity contribution in [1.29, 1.82) is 0 Å². The van der Waals surface area contributed by atoms with Crippen molar-refractivity contribution in [1.82, 2.24) is 5.32 Å². The molecular formula is C16H22N2O2. The van der Waals surface area contributed by atoms with Gasteiger partial charge in [0.05, 0.1) is 18.1 Å². The van der Waals surface area contributed by atoms with Crippen LogP contribution < -0.4 is 10.6 Å². The largest absolute Gasteiger partial charge is 0.382 e. The molecule has 1 aromatic rings. The van der Waals surface area contributed by atoms with Gasteiger partial charge in [0, 0.05) is 18.3 Å². The molecule has 4 heteroatoms. The minimum Gasteiger partial charge on any atom is -0.382 e. The van der Waals surface area contributed by atoms with Gasteiger partial charge in [-0.2, -0.15) is 0 Å². The highest BCUT2D eigenvalue weighted by molar-refractivity contribution is 5.87. The third-order valence-electron chi connectivity index (χ3n) is 4.29. The number of benzene rings is 1. The molecule has 3 atom stereocenters. The van der Waals surface area contributed by atoms with Crippen LogP contribution in [0.3, 0.4) is 0 Å². The van der Waals surface area contributed by atoms with Crippen molar-refractivity contribution in [3.05, 3.63) is 29.8 Å². The maximum absolute atomic E-state index is 12.7. The number of carbonyl (C=O) groups is 1. The lowest BCUT2D eigenvalue weighted by Gasteiger charge is -2.33. The van der Waals surface area contributed by atoms with E-state index in [4.69, 9.17) is 4.74 Å². The van der Waals surface area contributed by atoms with Crippen LogP contribution in [-0.4, -0.2) is 30.7 Å². The monoisotopic (exact) mass is 274 g/mol. The van der Waals surface area contributed by atoms with Gasteiger partial charge >= 0.3 is 0 Å². The summed E-state index contributed by atoms with van der Waals surface area (Å²) in [6.45, 7) is 5.53. The van der Waals surface area contributed by atoms with E-state index in [1.165, 1.54) is 0 Å². The Bertz CT molecular complexity index is 509. The number of carbonyl (C=O) groups excluding carboxylic acids is 1. The molecule has 1 fully saturated rings. The van der Waals surface area contributed by atoms with Crippen LogP contribution >= 0.6 is 0 Å². The second kappa shape index (κ2) is 5.09. The maximum Gasteiger partial charge on any atom is 0.228 e. The van der Waals surface area contributed by atoms with E-state index < -0.39 is 0 Å². The van der Waals surface area contributed by atoms with Gasteiger partial charge in [0.1, 0.15) is 0 Å². The summed E-state index contributed by atoms with van der Waals surface area (Å²) in [6, 6.07) is 8.41. The zero-order valence-corrected chi connectivity index (χ0v) is 12.1. The molecule has 1 aromatic carbocycles. The number of fused-ring (bicyclic) bond motifs is 1. The summed E-state index contributed by atoms with van der Waals surface area (Å²) in [5.74, 6) is 0.0543. The summed E-state index contributed by atoms with van der Waals surface area (Å²) in [6.07, 6.45) is 1.72. The molecule has 2 N–H and O–H groups in total. The van der Waals surface area contributed by atoms with Crippen molar-refractivity contribution >= 4 is 11.6 Å². The van der Waals surface area contributed by atoms with E-state index in [1.807, 2.05) is 24.3 Å². The summed E-state index contributed by atoms with van der Waals surface area (Å²) in [7, 11) is 0. The van der Waals surface area contributed by atoms with Crippen LogP contribution in [0.25, 0.3) is 0 Å². The number of amides is 1. The van der Waals surface area contributed by atoms with Gasteiger partial charge in [0.2, 0.25) is 5.91 Å². The fourth-order valence-corrected chi connectivity index (χ4v) is 3.14. The molecule has 3 rings (SSSR count). The van der Waals surface area contributed by atoms with Gasteiger partial charge in [0.25, 0.3) is 0 Å². The van der Waals surface area contributed by atoms with Crippen molar-refractivity contribution in [2.24, 2.45) is 0 Å². The number of para-hydroxylation sites is 1. The standard InChI is InChI=1S/C16H22N2O2/c1-11-9-13(12-5-3-4-6-14(12)17-11)15(19)18-16(2)7-8-20-10-16/h3-6,11,13,17H,7-10H2,1-2H3,(H,18,19). The van der Waals surface area contributed by atoms with Gasteiger partial charge in [-0.1, -0.05) is 18.2 Å². The van der Waals surface area contributed by atoms with Gasteiger partial charge < -0.3 is 15.4 Å². The summed E-state index contributed by atoms with van der Waals surface area (Å²) >= 11 is 0. The highest BCUT2D eigenvalue weighted by Crippen LogP contribution is 2.34. The number of rotatable bonds is 2. The van der Waals surface area contributed by atoms with E-state index in [1.54, 1.807) is 0 Å². The molecule has 0 bridgehead atoms. The Balaban J connectivity index is 1.81. The van der Waals surface area contributed by atoms with Gasteiger partial charge in [-0.3, -0.25) is 4.79 Å². The molecule has 4 nitrogen and oxygen atoms in total. The molecule has 0 spiro atoms. The average molecular weight is 274 g/mol. The minimum absolute atomic E-state index is 0.0696. The predicted octanol–water partition coefficient (Wildman–Crippen LogP) is 2.27. The van der Waals surface area contributed by atoms with Crippen LogP contribution in [0.1, 0.15) is 38.2 Å². The summed E-state index contributed by atoms with van der Waals surface area (Å²) in [5, 5.41) is 6.64. The first-order valence-corrected chi connectivity index (χ1v) is 7.33. The Morgan fingerprint density at radius 3 is 3.00 bits per heavy atom. The second-order valence-corrected chi connectivity index (χ2v) is 6.27. The summed E-state index contributed by atoms with van der Waals surface area (Å²) in [4.78, 5) is 12.7. The molecule has 3 unspecified atom stereocenters. The number of nitrogens with one attached hydrogen (secondary N) is 2. The molecule has 0 radical (unpaired) electrons. The number of anilines is 1. The van der Waals surface area contributed by atoms with Crippen molar-refractivity contribution in [3.8, 4) is 0 Å². The van der Waals surface area contributed by atoms with Crippen LogP contribution in [-0.2, 0) is 9.53 Å². The Hall–Kier alpha value is -1.55. The number of hydrogen-bond donors (Lipinski definition) is 2. The van der Waals surface area contributed by atoms with Crippen molar-refractivity contribution in [2.45, 2.75) is 44.2 Å². The topological polar surface area (TPSA) is 50.4 Å². The van der Waals surface area contributed by atoms with E-state index in [-0.39, 0.29) is 17.4 Å². The van der Waals surface area contributed by atoms with Crippen molar-refractivity contribution < 1.29 is 9.53 Å². The first kappa shape index (κ1) is 13.4. The molecule has 1 amide bonds. The van der Waals surface area contributed by atoms with Crippen LogP contribution in [0.2, 0.25) is 0 Å². The van der Waals surface area contributed by atoms with E-state index in [0.29, 0.717) is 12.6 Å². The van der Waals surface area contributed by atoms with Crippen molar-refractivity contribution in [3.63, 3.8) is 0 Å². The molecule has 108 valence electrons. The average Bonchev–Trinajstić information content (AvgIpc) is 2.84. The zero-order valence-electron chi connectivity index (χ0n) is 12.1. The van der Waals surface area contributed by atoms with Gasteiger partial charge in [-0.15, -0.1) is 0 Å². The molecule has 2 heterocycles. The van der Waals surface area contributed by atoms with E-state index in [2.05, 4.69) is 24.5 Å². The lowest BCUT2D eigenvalue weighted by atomic mass is 9.86. The molecule has 0 aliphatic carbocycles. The normalized spacial score (nSPS) is 32.3. The van der Waals surface area contributed by atoms with Crippen LogP contribution in [0.4, 0.5) is 5.69 Å². The molecular weight excluding hydrogens is 252 g/mol. The van der Waals surface area contributed by atoms with Gasteiger partial charge in [-0.25, -0.2) is 0 Å². The second-order valence-electron chi connectivity index (χ2n) is 6.27. The van der Waals surface area contributed by atoms with E-state index in [0.717, 1.165) is 30.7 Å². The van der Waals surface area contributed by atoms with Crippen LogP contribution in [0, 0.1) is 0 Å².